The van der Waals surface area contributed by atoms with Gasteiger partial charge in [-0.25, -0.2) is 0 Å². The molecular formula is C36H62N6O8. The number of aliphatic hydroxyl groups is 1. The van der Waals surface area contributed by atoms with E-state index in [0.717, 1.165) is 32.1 Å². The number of carbonyl (C=O) groups is 6. The first kappa shape index (κ1) is 41.2. The molecule has 50 heavy (non-hydrogen) atoms. The smallest absolute Gasteiger partial charge is 0.246 e. The van der Waals surface area contributed by atoms with Gasteiger partial charge in [0, 0.05) is 39.6 Å². The Bertz CT molecular complexity index is 1180. The third kappa shape index (κ3) is 11.4. The Morgan fingerprint density at radius 1 is 0.800 bits per heavy atom. The van der Waals surface area contributed by atoms with Crippen LogP contribution < -0.4 is 21.3 Å². The van der Waals surface area contributed by atoms with Crippen LogP contribution >= 0.6 is 0 Å². The van der Waals surface area contributed by atoms with Crippen LogP contribution in [0.4, 0.5) is 0 Å². The molecule has 14 nitrogen and oxygen atoms in total. The zero-order chi connectivity index (χ0) is 37.0. The summed E-state index contributed by atoms with van der Waals surface area (Å²) < 4.78 is 5.47. The molecule has 2 aliphatic heterocycles. The van der Waals surface area contributed by atoms with Crippen molar-refractivity contribution >= 4 is 35.4 Å². The molecule has 0 aromatic carbocycles. The standard InChI is InChI=1S/C36H62N6O8/c1-7-18-37-34(47)31(24(5)43)40-33(46)28-20-26(50-6)21-42(28)35(48)23(4)38-32(45)27-15-11-12-19-41(27)36(49)30(22(2)3)39-29(44)17-16-25-13-9-8-10-14-25/h22-28,30-31,43H,7-21H2,1-6H3,(H,37,47)(H,38,45)(H,39,44)(H,40,46)/t23-,24+,26+,27-,28-,30-,31-/m0/s1. The molecule has 3 aliphatic rings. The third-order valence-corrected chi connectivity index (χ3v) is 10.4. The molecule has 1 saturated carbocycles. The fourth-order valence-corrected chi connectivity index (χ4v) is 7.31. The zero-order valence-electron chi connectivity index (χ0n) is 31.0. The number of nitrogens with one attached hydrogen (secondary N) is 4. The van der Waals surface area contributed by atoms with Crippen molar-refractivity contribution in [3.63, 3.8) is 0 Å². The van der Waals surface area contributed by atoms with Crippen molar-refractivity contribution in [2.45, 2.75) is 154 Å². The molecule has 0 aromatic rings. The fraction of sp³-hybridized carbons (Fsp3) is 0.833. The second-order valence-corrected chi connectivity index (χ2v) is 14.7. The lowest BCUT2D eigenvalue weighted by atomic mass is 9.86. The zero-order valence-corrected chi connectivity index (χ0v) is 31.0. The highest BCUT2D eigenvalue weighted by Gasteiger charge is 2.44. The highest BCUT2D eigenvalue weighted by molar-refractivity contribution is 5.96. The van der Waals surface area contributed by atoms with E-state index in [-0.39, 0.29) is 30.7 Å². The number of rotatable bonds is 16. The average Bonchev–Trinajstić information content (AvgIpc) is 3.55. The third-order valence-electron chi connectivity index (χ3n) is 10.4. The SMILES string of the molecule is CCCNC(=O)[C@@H](NC(=O)[C@@H]1C[C@@H](OC)CN1C(=O)[C@H](C)NC(=O)[C@@H]1CCCCN1C(=O)[C@@H](NC(=O)CCC1CCCCC1)C(C)C)[C@@H](C)O. The van der Waals surface area contributed by atoms with Gasteiger partial charge in [-0.05, 0) is 57.8 Å². The van der Waals surface area contributed by atoms with E-state index in [1.165, 1.54) is 50.0 Å². The van der Waals surface area contributed by atoms with Crippen molar-refractivity contribution in [1.82, 2.24) is 31.1 Å². The predicted octanol–water partition coefficient (Wildman–Crippen LogP) is 1.38. The van der Waals surface area contributed by atoms with Gasteiger partial charge in [-0.3, -0.25) is 28.8 Å². The van der Waals surface area contributed by atoms with E-state index in [1.54, 1.807) is 0 Å². The molecule has 3 rings (SSSR count). The Hall–Kier alpha value is -3.26. The van der Waals surface area contributed by atoms with Gasteiger partial charge in [-0.2, -0.15) is 0 Å². The van der Waals surface area contributed by atoms with E-state index in [1.807, 2.05) is 20.8 Å². The van der Waals surface area contributed by atoms with Crippen molar-refractivity contribution in [2.75, 3.05) is 26.7 Å². The Morgan fingerprint density at radius 2 is 1.46 bits per heavy atom. The number of likely N-dealkylation sites (tertiary alicyclic amines) is 2. The van der Waals surface area contributed by atoms with Gasteiger partial charge in [0.15, 0.2) is 0 Å². The maximum Gasteiger partial charge on any atom is 0.246 e. The van der Waals surface area contributed by atoms with E-state index in [2.05, 4.69) is 21.3 Å². The first-order valence-electron chi connectivity index (χ1n) is 18.8. The maximum atomic E-state index is 13.9. The molecule has 2 saturated heterocycles. The minimum Gasteiger partial charge on any atom is -0.391 e. The summed E-state index contributed by atoms with van der Waals surface area (Å²) >= 11 is 0. The van der Waals surface area contributed by atoms with Crippen LogP contribution in [0, 0.1) is 11.8 Å². The first-order valence-corrected chi connectivity index (χ1v) is 18.8. The molecule has 284 valence electrons. The number of methoxy groups -OCH3 is 1. The molecule has 0 bridgehead atoms. The van der Waals surface area contributed by atoms with Gasteiger partial charge in [-0.15, -0.1) is 0 Å². The van der Waals surface area contributed by atoms with Crippen molar-refractivity contribution in [3.05, 3.63) is 0 Å². The summed E-state index contributed by atoms with van der Waals surface area (Å²) in [4.78, 5) is 83.3. The van der Waals surface area contributed by atoms with E-state index in [9.17, 15) is 33.9 Å². The number of piperidine rings is 1. The molecule has 0 aromatic heterocycles. The van der Waals surface area contributed by atoms with Gasteiger partial charge in [0.2, 0.25) is 35.4 Å². The van der Waals surface area contributed by atoms with Crippen LogP contribution in [0.1, 0.15) is 112 Å². The van der Waals surface area contributed by atoms with Crippen LogP contribution in [0.25, 0.3) is 0 Å². The number of amides is 6. The van der Waals surface area contributed by atoms with Gasteiger partial charge >= 0.3 is 0 Å². The van der Waals surface area contributed by atoms with Crippen molar-refractivity contribution < 1.29 is 38.6 Å². The summed E-state index contributed by atoms with van der Waals surface area (Å²) in [5, 5.41) is 21.2. The minimum absolute atomic E-state index is 0.0968. The number of nitrogens with zero attached hydrogens (tertiary/aromatic N) is 2. The highest BCUT2D eigenvalue weighted by Crippen LogP contribution is 2.28. The summed E-state index contributed by atoms with van der Waals surface area (Å²) in [6, 6.07) is -4.83. The van der Waals surface area contributed by atoms with Gasteiger partial charge in [0.1, 0.15) is 30.2 Å². The van der Waals surface area contributed by atoms with Crippen LogP contribution in [-0.4, -0.2) is 120 Å². The fourth-order valence-electron chi connectivity index (χ4n) is 7.31. The topological polar surface area (TPSA) is 186 Å². The lowest BCUT2D eigenvalue weighted by Gasteiger charge is -2.38. The normalized spacial score (nSPS) is 23.8. The number of hydrogen-bond donors (Lipinski definition) is 5. The number of aliphatic hydroxyl groups excluding tert-OH is 1. The summed E-state index contributed by atoms with van der Waals surface area (Å²) in [6.45, 7) is 9.41. The van der Waals surface area contributed by atoms with Gasteiger partial charge in [0.05, 0.1) is 12.2 Å². The van der Waals surface area contributed by atoms with Crippen molar-refractivity contribution in [1.29, 1.82) is 0 Å². The van der Waals surface area contributed by atoms with E-state index in [4.69, 9.17) is 4.74 Å². The lowest BCUT2D eigenvalue weighted by Crippen LogP contribution is -2.61. The summed E-state index contributed by atoms with van der Waals surface area (Å²) in [7, 11) is 1.48. The molecule has 14 heteroatoms. The Labute approximate surface area is 297 Å². The lowest BCUT2D eigenvalue weighted by molar-refractivity contribution is -0.147. The first-order chi connectivity index (χ1) is 23.8. The highest BCUT2D eigenvalue weighted by atomic mass is 16.5. The van der Waals surface area contributed by atoms with Crippen LogP contribution in [0.5, 0.6) is 0 Å². The molecule has 1 aliphatic carbocycles. The number of carbonyl (C=O) groups excluding carboxylic acids is 6. The molecule has 0 radical (unpaired) electrons. The van der Waals surface area contributed by atoms with E-state index >= 15 is 0 Å². The second kappa shape index (κ2) is 20.0. The molecule has 0 spiro atoms. The molecule has 7 atom stereocenters. The van der Waals surface area contributed by atoms with E-state index < -0.39 is 66.0 Å². The van der Waals surface area contributed by atoms with Gasteiger partial charge < -0.3 is 40.9 Å². The molecule has 3 fully saturated rings. The molecule has 5 N–H and O–H groups in total. The molecule has 2 heterocycles. The molecule has 0 unspecified atom stereocenters. The van der Waals surface area contributed by atoms with Crippen LogP contribution in [0.3, 0.4) is 0 Å². The quantitative estimate of drug-likeness (QED) is 0.159. The van der Waals surface area contributed by atoms with Crippen molar-refractivity contribution in [3.8, 4) is 0 Å². The van der Waals surface area contributed by atoms with Crippen molar-refractivity contribution in [2.24, 2.45) is 11.8 Å². The van der Waals surface area contributed by atoms with Gasteiger partial charge in [-0.1, -0.05) is 52.9 Å². The number of ether oxygens (including phenoxy) is 1. The average molecular weight is 707 g/mol. The molecule has 6 amide bonds. The summed E-state index contributed by atoms with van der Waals surface area (Å²) in [5.41, 5.74) is 0. The largest absolute Gasteiger partial charge is 0.391 e. The Kier molecular flexibility index (Phi) is 16.4. The van der Waals surface area contributed by atoms with Gasteiger partial charge in [0.25, 0.3) is 0 Å². The van der Waals surface area contributed by atoms with Crippen LogP contribution in [0.15, 0.2) is 0 Å². The Morgan fingerprint density at radius 3 is 2.08 bits per heavy atom. The summed E-state index contributed by atoms with van der Waals surface area (Å²) in [6.07, 6.45) is 8.21. The predicted molar refractivity (Wildman–Crippen MR) is 187 cm³/mol. The number of hydrogen-bond acceptors (Lipinski definition) is 8. The Balaban J connectivity index is 1.66. The maximum absolute atomic E-state index is 13.9. The monoisotopic (exact) mass is 706 g/mol. The molecular weight excluding hydrogens is 644 g/mol. The van der Waals surface area contributed by atoms with E-state index in [0.29, 0.717) is 38.3 Å². The summed E-state index contributed by atoms with van der Waals surface area (Å²) in [5.74, 6) is -2.23. The minimum atomic E-state index is -1.21. The van der Waals surface area contributed by atoms with Crippen LogP contribution in [-0.2, 0) is 33.5 Å². The van der Waals surface area contributed by atoms with Crippen LogP contribution in [0.2, 0.25) is 0 Å². The second-order valence-electron chi connectivity index (χ2n) is 14.7.